The largest absolute Gasteiger partial charge is 0.493 e. The molecule has 0 unspecified atom stereocenters. The third-order valence-corrected chi connectivity index (χ3v) is 3.92. The van der Waals surface area contributed by atoms with Crippen LogP contribution in [0.2, 0.25) is 0 Å². The van der Waals surface area contributed by atoms with Crippen molar-refractivity contribution >= 4 is 16.8 Å². The number of hydrogen-bond acceptors (Lipinski definition) is 7. The number of hydrogen-bond donors (Lipinski definition) is 0. The SMILES string of the molecule is COc1ccc(Cn2ccc3c(nnc4ncnn43)c2=O)cc1OC. The van der Waals surface area contributed by atoms with Gasteiger partial charge < -0.3 is 14.0 Å². The van der Waals surface area contributed by atoms with Crippen LogP contribution in [-0.4, -0.2) is 43.6 Å². The lowest BCUT2D eigenvalue weighted by Gasteiger charge is -2.11. The first-order chi connectivity index (χ1) is 12.2. The summed E-state index contributed by atoms with van der Waals surface area (Å²) in [5.74, 6) is 1.60. The van der Waals surface area contributed by atoms with E-state index in [-0.39, 0.29) is 11.1 Å². The molecule has 0 saturated heterocycles. The number of aromatic nitrogens is 6. The quantitative estimate of drug-likeness (QED) is 0.545. The van der Waals surface area contributed by atoms with Crippen LogP contribution in [0.25, 0.3) is 16.8 Å². The lowest BCUT2D eigenvalue weighted by molar-refractivity contribution is 0.354. The maximum Gasteiger partial charge on any atom is 0.280 e. The molecule has 0 bridgehead atoms. The molecular weight excluding hydrogens is 324 g/mol. The first-order valence-corrected chi connectivity index (χ1v) is 7.47. The maximum atomic E-state index is 12.7. The lowest BCUT2D eigenvalue weighted by atomic mass is 10.2. The van der Waals surface area contributed by atoms with Crippen molar-refractivity contribution in [2.45, 2.75) is 6.54 Å². The molecule has 0 radical (unpaired) electrons. The van der Waals surface area contributed by atoms with Gasteiger partial charge in [-0.3, -0.25) is 4.79 Å². The van der Waals surface area contributed by atoms with Gasteiger partial charge in [-0.1, -0.05) is 6.07 Å². The van der Waals surface area contributed by atoms with Crippen molar-refractivity contribution in [2.24, 2.45) is 0 Å². The van der Waals surface area contributed by atoms with Gasteiger partial charge in [0.25, 0.3) is 11.3 Å². The zero-order valence-corrected chi connectivity index (χ0v) is 13.6. The van der Waals surface area contributed by atoms with E-state index in [9.17, 15) is 4.79 Å². The molecule has 4 rings (SSSR count). The Morgan fingerprint density at radius 3 is 2.72 bits per heavy atom. The minimum atomic E-state index is -0.253. The van der Waals surface area contributed by atoms with Crippen LogP contribution in [0.4, 0.5) is 0 Å². The Kier molecular flexibility index (Phi) is 3.53. The zero-order valence-electron chi connectivity index (χ0n) is 13.6. The Hall–Kier alpha value is -3.49. The van der Waals surface area contributed by atoms with Crippen LogP contribution in [0.1, 0.15) is 5.56 Å². The average molecular weight is 338 g/mol. The van der Waals surface area contributed by atoms with Gasteiger partial charge in [0.2, 0.25) is 0 Å². The fourth-order valence-electron chi connectivity index (χ4n) is 2.69. The Morgan fingerprint density at radius 2 is 1.92 bits per heavy atom. The van der Waals surface area contributed by atoms with Crippen LogP contribution in [0.3, 0.4) is 0 Å². The summed E-state index contributed by atoms with van der Waals surface area (Å²) >= 11 is 0. The number of ether oxygens (including phenoxy) is 2. The molecule has 0 saturated carbocycles. The van der Waals surface area contributed by atoms with Crippen molar-refractivity contribution in [1.82, 2.24) is 29.4 Å². The Morgan fingerprint density at radius 1 is 1.08 bits per heavy atom. The molecule has 0 fully saturated rings. The fourth-order valence-corrected chi connectivity index (χ4v) is 2.69. The second-order valence-electron chi connectivity index (χ2n) is 5.34. The first-order valence-electron chi connectivity index (χ1n) is 7.47. The van der Waals surface area contributed by atoms with Gasteiger partial charge in [-0.2, -0.15) is 14.6 Å². The highest BCUT2D eigenvalue weighted by Gasteiger charge is 2.11. The summed E-state index contributed by atoms with van der Waals surface area (Å²) in [6.07, 6.45) is 3.07. The van der Waals surface area contributed by atoms with Gasteiger partial charge in [0.05, 0.1) is 20.8 Å². The van der Waals surface area contributed by atoms with Gasteiger partial charge in [-0.15, -0.1) is 10.2 Å². The predicted molar refractivity (Wildman–Crippen MR) is 89.0 cm³/mol. The van der Waals surface area contributed by atoms with Crippen LogP contribution >= 0.6 is 0 Å². The van der Waals surface area contributed by atoms with E-state index in [0.29, 0.717) is 29.3 Å². The van der Waals surface area contributed by atoms with Gasteiger partial charge >= 0.3 is 0 Å². The second-order valence-corrected chi connectivity index (χ2v) is 5.34. The third kappa shape index (κ3) is 2.45. The van der Waals surface area contributed by atoms with E-state index in [1.54, 1.807) is 37.1 Å². The standard InChI is InChI=1S/C16H14N6O3/c1-24-12-4-3-10(7-13(12)25-2)8-21-6-5-11-14(15(21)23)19-20-16-17-9-18-22(11)16/h3-7,9H,8H2,1-2H3. The number of pyridine rings is 1. The average Bonchev–Trinajstić information content (AvgIpc) is 3.13. The number of fused-ring (bicyclic) bond motifs is 3. The van der Waals surface area contributed by atoms with Crippen molar-refractivity contribution in [3.63, 3.8) is 0 Å². The smallest absolute Gasteiger partial charge is 0.280 e. The monoisotopic (exact) mass is 338 g/mol. The Balaban J connectivity index is 1.78. The van der Waals surface area contributed by atoms with E-state index < -0.39 is 0 Å². The Labute approximate surface area is 141 Å². The van der Waals surface area contributed by atoms with E-state index in [2.05, 4.69) is 20.3 Å². The molecule has 0 aliphatic heterocycles. The highest BCUT2D eigenvalue weighted by atomic mass is 16.5. The number of methoxy groups -OCH3 is 2. The molecule has 3 aromatic heterocycles. The third-order valence-electron chi connectivity index (χ3n) is 3.92. The van der Waals surface area contributed by atoms with Crippen molar-refractivity contribution in [2.75, 3.05) is 14.2 Å². The minimum absolute atomic E-state index is 0.237. The summed E-state index contributed by atoms with van der Waals surface area (Å²) in [6.45, 7) is 0.367. The molecule has 25 heavy (non-hydrogen) atoms. The van der Waals surface area contributed by atoms with Gasteiger partial charge in [-0.25, -0.2) is 0 Å². The number of benzene rings is 1. The molecule has 9 nitrogen and oxygen atoms in total. The van der Waals surface area contributed by atoms with E-state index >= 15 is 0 Å². The molecule has 1 aromatic carbocycles. The van der Waals surface area contributed by atoms with Crippen LogP contribution in [0, 0.1) is 0 Å². The van der Waals surface area contributed by atoms with Crippen molar-refractivity contribution in [3.05, 3.63) is 52.7 Å². The highest BCUT2D eigenvalue weighted by molar-refractivity contribution is 5.74. The van der Waals surface area contributed by atoms with Crippen molar-refractivity contribution in [1.29, 1.82) is 0 Å². The van der Waals surface area contributed by atoms with Gasteiger partial charge in [0.1, 0.15) is 11.8 Å². The van der Waals surface area contributed by atoms with Gasteiger partial charge in [-0.05, 0) is 23.8 Å². The predicted octanol–water partition coefficient (Wildman–Crippen LogP) is 0.900. The summed E-state index contributed by atoms with van der Waals surface area (Å²) in [7, 11) is 3.15. The summed E-state index contributed by atoms with van der Waals surface area (Å²) in [5, 5.41) is 12.0. The molecule has 0 aliphatic carbocycles. The van der Waals surface area contributed by atoms with E-state index in [1.807, 2.05) is 12.1 Å². The molecule has 4 aromatic rings. The van der Waals surface area contributed by atoms with Crippen molar-refractivity contribution in [3.8, 4) is 11.5 Å². The molecule has 9 heteroatoms. The maximum absolute atomic E-state index is 12.7. The van der Waals surface area contributed by atoms with E-state index in [1.165, 1.54) is 10.8 Å². The molecular formula is C16H14N6O3. The topological polar surface area (TPSA) is 96.4 Å². The lowest BCUT2D eigenvalue weighted by Crippen LogP contribution is -2.22. The first kappa shape index (κ1) is 15.1. The van der Waals surface area contributed by atoms with E-state index in [4.69, 9.17) is 9.47 Å². The molecule has 0 aliphatic rings. The number of nitrogens with zero attached hydrogens (tertiary/aromatic N) is 6. The molecule has 0 N–H and O–H groups in total. The molecule has 0 atom stereocenters. The summed E-state index contributed by atoms with van der Waals surface area (Å²) < 4.78 is 13.6. The normalized spacial score (nSPS) is 11.1. The molecule has 0 spiro atoms. The van der Waals surface area contributed by atoms with Gasteiger partial charge in [0.15, 0.2) is 17.0 Å². The fraction of sp³-hybridized carbons (Fsp3) is 0.188. The summed E-state index contributed by atoms with van der Waals surface area (Å²) in [4.78, 5) is 16.7. The van der Waals surface area contributed by atoms with Crippen molar-refractivity contribution < 1.29 is 9.47 Å². The molecule has 0 amide bonds. The van der Waals surface area contributed by atoms with E-state index in [0.717, 1.165) is 5.56 Å². The van der Waals surface area contributed by atoms with Crippen LogP contribution in [-0.2, 0) is 6.54 Å². The van der Waals surface area contributed by atoms with Gasteiger partial charge in [0, 0.05) is 6.20 Å². The highest BCUT2D eigenvalue weighted by Crippen LogP contribution is 2.27. The minimum Gasteiger partial charge on any atom is -0.493 e. The second kappa shape index (κ2) is 5.86. The Bertz CT molecular complexity index is 1130. The summed E-state index contributed by atoms with van der Waals surface area (Å²) in [5.41, 5.74) is 1.45. The zero-order chi connectivity index (χ0) is 17.4. The summed E-state index contributed by atoms with van der Waals surface area (Å²) in [6, 6.07) is 7.29. The van der Waals surface area contributed by atoms with Crippen LogP contribution in [0.15, 0.2) is 41.6 Å². The molecule has 126 valence electrons. The van der Waals surface area contributed by atoms with Crippen LogP contribution in [0.5, 0.6) is 11.5 Å². The number of rotatable bonds is 4. The molecule has 3 heterocycles. The van der Waals surface area contributed by atoms with Crippen LogP contribution < -0.4 is 15.0 Å².